The molecule has 0 aromatic heterocycles. The number of ether oxygens (including phenoxy) is 1. The number of phosphoric acid groups is 1. The van der Waals surface area contributed by atoms with Gasteiger partial charge in [-0.15, -0.1) is 0 Å². The molecular formula is C64H115N2O7P. The van der Waals surface area contributed by atoms with Crippen molar-refractivity contribution >= 4 is 19.7 Å². The first-order valence-corrected chi connectivity index (χ1v) is 31.9. The number of esters is 1. The van der Waals surface area contributed by atoms with Gasteiger partial charge < -0.3 is 28.5 Å². The fourth-order valence-electron chi connectivity index (χ4n) is 8.41. The third kappa shape index (κ3) is 54.0. The maximum Gasteiger partial charge on any atom is 0.306 e. The molecule has 428 valence electrons. The molecule has 0 aliphatic rings. The van der Waals surface area contributed by atoms with E-state index in [1.165, 1.54) is 128 Å². The Balaban J connectivity index is 5.36. The van der Waals surface area contributed by atoms with Crippen LogP contribution >= 0.6 is 7.82 Å². The van der Waals surface area contributed by atoms with E-state index in [2.05, 4.69) is 99.0 Å². The van der Waals surface area contributed by atoms with Crippen LogP contribution in [0.15, 0.2) is 85.1 Å². The largest absolute Gasteiger partial charge is 0.756 e. The van der Waals surface area contributed by atoms with E-state index in [9.17, 15) is 19.0 Å². The van der Waals surface area contributed by atoms with Crippen LogP contribution in [-0.4, -0.2) is 69.4 Å². The Bertz CT molecular complexity index is 1540. The minimum atomic E-state index is -4.71. The van der Waals surface area contributed by atoms with Gasteiger partial charge in [0.05, 0.1) is 33.8 Å². The van der Waals surface area contributed by atoms with E-state index in [0.717, 1.165) is 89.9 Å². The van der Waals surface area contributed by atoms with Gasteiger partial charge >= 0.3 is 5.97 Å². The Morgan fingerprint density at radius 2 is 0.865 bits per heavy atom. The lowest BCUT2D eigenvalue weighted by Crippen LogP contribution is -2.47. The highest BCUT2D eigenvalue weighted by atomic mass is 31.2. The van der Waals surface area contributed by atoms with Crippen molar-refractivity contribution in [2.24, 2.45) is 0 Å². The lowest BCUT2D eigenvalue weighted by molar-refractivity contribution is -0.870. The average molecular weight is 1060 g/mol. The average Bonchev–Trinajstić information content (AvgIpc) is 3.36. The Morgan fingerprint density at radius 1 is 0.486 bits per heavy atom. The van der Waals surface area contributed by atoms with Gasteiger partial charge in [-0.25, -0.2) is 0 Å². The van der Waals surface area contributed by atoms with Crippen molar-refractivity contribution < 1.29 is 37.3 Å². The monoisotopic (exact) mass is 1050 g/mol. The molecule has 0 aliphatic heterocycles. The minimum absolute atomic E-state index is 0.0332. The zero-order valence-electron chi connectivity index (χ0n) is 48.8. The summed E-state index contributed by atoms with van der Waals surface area (Å²) in [7, 11) is 1.15. The number of quaternary nitrogens is 1. The molecule has 0 aromatic rings. The number of amides is 1. The highest BCUT2D eigenvalue weighted by Gasteiger charge is 2.27. The van der Waals surface area contributed by atoms with Crippen LogP contribution in [0.5, 0.6) is 0 Å². The molecular weight excluding hydrogens is 940 g/mol. The second-order valence-corrected chi connectivity index (χ2v) is 22.9. The zero-order valence-corrected chi connectivity index (χ0v) is 49.7. The summed E-state index contributed by atoms with van der Waals surface area (Å²) in [4.78, 5) is 39.9. The topological polar surface area (TPSA) is 114 Å². The van der Waals surface area contributed by atoms with Gasteiger partial charge in [-0.3, -0.25) is 14.2 Å². The van der Waals surface area contributed by atoms with Crippen molar-refractivity contribution in [3.63, 3.8) is 0 Å². The number of phosphoric ester groups is 1. The number of nitrogens with one attached hydrogen (secondary N) is 1. The van der Waals surface area contributed by atoms with Crippen LogP contribution in [0.25, 0.3) is 0 Å². The van der Waals surface area contributed by atoms with Crippen LogP contribution in [0.4, 0.5) is 0 Å². The number of unbranched alkanes of at least 4 members (excludes halogenated alkanes) is 26. The summed E-state index contributed by atoms with van der Waals surface area (Å²) in [6.07, 6.45) is 69.8. The SMILES string of the molecule is CC/C=C\C/C=C\C/C=C\C/C=C\C/C=C\C/C=C\CCCCC(=O)NC(COP(=O)([O-])OCC[N+](C)(C)C)C(/C=C\CCCCCCCCCCCC)OC(=O)CCCCCCCCCCCCCCCCC. The van der Waals surface area contributed by atoms with Crippen LogP contribution in [0, 0.1) is 0 Å². The Labute approximate surface area is 456 Å². The van der Waals surface area contributed by atoms with Crippen molar-refractivity contribution in [1.29, 1.82) is 0 Å². The summed E-state index contributed by atoms with van der Waals surface area (Å²) in [5, 5.41) is 3.00. The Hall–Kier alpha value is -2.81. The Morgan fingerprint density at radius 3 is 1.31 bits per heavy atom. The molecule has 3 unspecified atom stereocenters. The number of hydrogen-bond donors (Lipinski definition) is 1. The van der Waals surface area contributed by atoms with Crippen molar-refractivity contribution in [2.75, 3.05) is 40.9 Å². The first-order valence-electron chi connectivity index (χ1n) is 30.4. The number of nitrogens with zero attached hydrogens (tertiary/aromatic N) is 1. The predicted molar refractivity (Wildman–Crippen MR) is 316 cm³/mol. The van der Waals surface area contributed by atoms with E-state index in [1.54, 1.807) is 0 Å². The molecule has 3 atom stereocenters. The van der Waals surface area contributed by atoms with Crippen molar-refractivity contribution in [3.8, 4) is 0 Å². The van der Waals surface area contributed by atoms with Gasteiger partial charge in [0.25, 0.3) is 7.82 Å². The van der Waals surface area contributed by atoms with E-state index in [-0.39, 0.29) is 31.3 Å². The predicted octanol–water partition coefficient (Wildman–Crippen LogP) is 18.0. The molecule has 0 saturated carbocycles. The number of rotatable bonds is 54. The number of hydrogen-bond acceptors (Lipinski definition) is 7. The molecule has 0 fully saturated rings. The first kappa shape index (κ1) is 71.2. The van der Waals surface area contributed by atoms with Crippen LogP contribution in [0.2, 0.25) is 0 Å². The van der Waals surface area contributed by atoms with Crippen LogP contribution in [0.3, 0.4) is 0 Å². The quantitative estimate of drug-likeness (QED) is 0.0212. The summed E-state index contributed by atoms with van der Waals surface area (Å²) < 4.78 is 30.3. The van der Waals surface area contributed by atoms with Crippen LogP contribution in [-0.2, 0) is 27.9 Å². The third-order valence-electron chi connectivity index (χ3n) is 13.1. The lowest BCUT2D eigenvalue weighted by atomic mass is 10.0. The summed E-state index contributed by atoms with van der Waals surface area (Å²) in [5.74, 6) is -0.590. The maximum absolute atomic E-state index is 13.5. The second kappa shape index (κ2) is 53.6. The van der Waals surface area contributed by atoms with Gasteiger partial charge in [0, 0.05) is 12.8 Å². The summed E-state index contributed by atoms with van der Waals surface area (Å²) in [5.41, 5.74) is 0. The molecule has 1 N–H and O–H groups in total. The lowest BCUT2D eigenvalue weighted by Gasteiger charge is -2.30. The highest BCUT2D eigenvalue weighted by Crippen LogP contribution is 2.38. The standard InChI is InChI=1S/C64H115N2O7P/c1-7-10-13-16-19-22-25-28-30-31-32-33-34-35-37-38-41-44-47-50-53-56-63(67)65-61(60-72-74(69,70)71-59-58-66(4,5)6)62(55-52-49-46-43-40-27-24-21-18-15-12-9-3)73-64(68)57-54-51-48-45-42-39-36-29-26-23-20-17-14-11-8-2/h10,13,19,22,28,30,32-33,35,37,41,44,52,55,61-62H,7-9,11-12,14-18,20-21,23-27,29,31,34,36,38-40,42-43,45-51,53-54,56-60H2,1-6H3,(H-,65,67,69,70)/b13-10-,22-19-,30-28-,33-32-,37-35-,44-41-,55-52-. The molecule has 0 spiro atoms. The molecule has 0 rings (SSSR count). The number of carbonyl (C=O) groups excluding carboxylic acids is 2. The molecule has 9 nitrogen and oxygen atoms in total. The fourth-order valence-corrected chi connectivity index (χ4v) is 9.13. The number of likely N-dealkylation sites (N-methyl/N-ethyl adjacent to an activating group) is 1. The van der Waals surface area contributed by atoms with Gasteiger partial charge in [0.15, 0.2) is 0 Å². The normalized spacial score (nSPS) is 14.3. The molecule has 10 heteroatoms. The van der Waals surface area contributed by atoms with Crippen molar-refractivity contribution in [1.82, 2.24) is 5.32 Å². The van der Waals surface area contributed by atoms with Gasteiger partial charge in [-0.2, -0.15) is 0 Å². The first-order chi connectivity index (χ1) is 35.9. The van der Waals surface area contributed by atoms with E-state index in [0.29, 0.717) is 17.4 Å². The second-order valence-electron chi connectivity index (χ2n) is 21.5. The zero-order chi connectivity index (χ0) is 54.3. The Kier molecular flexibility index (Phi) is 51.5. The van der Waals surface area contributed by atoms with Gasteiger partial charge in [-0.1, -0.05) is 247 Å². The van der Waals surface area contributed by atoms with Gasteiger partial charge in [0.1, 0.15) is 19.3 Å². The van der Waals surface area contributed by atoms with E-state index in [4.69, 9.17) is 13.8 Å². The maximum atomic E-state index is 13.5. The molecule has 0 aliphatic carbocycles. The van der Waals surface area contributed by atoms with E-state index >= 15 is 0 Å². The summed E-state index contributed by atoms with van der Waals surface area (Å²) >= 11 is 0. The molecule has 0 saturated heterocycles. The van der Waals surface area contributed by atoms with Gasteiger partial charge in [0.2, 0.25) is 5.91 Å². The third-order valence-corrected chi connectivity index (χ3v) is 14.1. The van der Waals surface area contributed by atoms with Crippen molar-refractivity contribution in [2.45, 2.75) is 270 Å². The molecule has 0 bridgehead atoms. The highest BCUT2D eigenvalue weighted by molar-refractivity contribution is 7.45. The van der Waals surface area contributed by atoms with Crippen LogP contribution < -0.4 is 10.2 Å². The van der Waals surface area contributed by atoms with Crippen molar-refractivity contribution in [3.05, 3.63) is 85.1 Å². The van der Waals surface area contributed by atoms with E-state index in [1.807, 2.05) is 33.3 Å². The smallest absolute Gasteiger partial charge is 0.306 e. The molecule has 0 aromatic carbocycles. The fraction of sp³-hybridized carbons (Fsp3) is 0.750. The van der Waals surface area contributed by atoms with E-state index < -0.39 is 26.6 Å². The summed E-state index contributed by atoms with van der Waals surface area (Å²) in [6, 6.07) is -0.913. The molecule has 74 heavy (non-hydrogen) atoms. The summed E-state index contributed by atoms with van der Waals surface area (Å²) in [6.45, 7) is 6.70. The van der Waals surface area contributed by atoms with Crippen LogP contribution in [0.1, 0.15) is 258 Å². The number of allylic oxidation sites excluding steroid dienone is 13. The molecule has 1 amide bonds. The molecule has 0 radical (unpaired) electrons. The molecule has 0 heterocycles. The number of carbonyl (C=O) groups is 2. The van der Waals surface area contributed by atoms with Gasteiger partial charge in [-0.05, 0) is 83.1 Å². The minimum Gasteiger partial charge on any atom is -0.756 e.